The zero-order chi connectivity index (χ0) is 15.0. The first-order valence-corrected chi connectivity index (χ1v) is 8.31. The van der Waals surface area contributed by atoms with E-state index < -0.39 is 0 Å². The largest absolute Gasteiger partial charge is 0.334 e. The van der Waals surface area contributed by atoms with Crippen LogP contribution in [0.2, 0.25) is 0 Å². The number of thiophene rings is 1. The van der Waals surface area contributed by atoms with Gasteiger partial charge in [-0.05, 0) is 61.6 Å². The van der Waals surface area contributed by atoms with Crippen molar-refractivity contribution in [1.82, 2.24) is 14.7 Å². The minimum Gasteiger partial charge on any atom is -0.334 e. The number of amides is 1. The van der Waals surface area contributed by atoms with E-state index in [4.69, 9.17) is 0 Å². The van der Waals surface area contributed by atoms with E-state index in [2.05, 4.69) is 28.8 Å². The molecule has 1 aliphatic carbocycles. The van der Waals surface area contributed by atoms with E-state index in [-0.39, 0.29) is 5.91 Å². The lowest BCUT2D eigenvalue weighted by molar-refractivity contribution is -0.133. The summed E-state index contributed by atoms with van der Waals surface area (Å²) in [4.78, 5) is 14.7. The first kappa shape index (κ1) is 14.3. The molecule has 0 aliphatic heterocycles. The molecule has 0 atom stereocenters. The van der Waals surface area contributed by atoms with E-state index >= 15 is 0 Å². The van der Waals surface area contributed by atoms with Crippen molar-refractivity contribution in [2.24, 2.45) is 0 Å². The molecule has 2 heterocycles. The third-order valence-corrected chi connectivity index (χ3v) is 5.00. The smallest absolute Gasteiger partial charge is 0.244 e. The highest BCUT2D eigenvalue weighted by molar-refractivity contribution is 7.07. The van der Waals surface area contributed by atoms with Crippen molar-refractivity contribution >= 4 is 17.2 Å². The van der Waals surface area contributed by atoms with Gasteiger partial charge in [-0.1, -0.05) is 0 Å². The van der Waals surface area contributed by atoms with Gasteiger partial charge < -0.3 is 4.90 Å². The third-order valence-electron chi connectivity index (χ3n) is 4.27. The minimum atomic E-state index is 0.175. The van der Waals surface area contributed by atoms with Gasteiger partial charge in [0.1, 0.15) is 6.54 Å². The molecule has 0 aromatic carbocycles. The normalized spacial score (nSPS) is 14.4. The molecule has 1 saturated carbocycles. The highest BCUT2D eigenvalue weighted by Crippen LogP contribution is 2.29. The lowest BCUT2D eigenvalue weighted by Gasteiger charge is -2.22. The van der Waals surface area contributed by atoms with Crippen molar-refractivity contribution in [3.05, 3.63) is 39.3 Å². The molecular formula is C16H21N3OS. The van der Waals surface area contributed by atoms with E-state index in [1.807, 2.05) is 23.4 Å². The average molecular weight is 303 g/mol. The maximum absolute atomic E-state index is 12.7. The number of carbonyl (C=O) groups excluding carboxylic acids is 1. The summed E-state index contributed by atoms with van der Waals surface area (Å²) in [5.41, 5.74) is 4.51. The Morgan fingerprint density at radius 3 is 2.71 bits per heavy atom. The Morgan fingerprint density at radius 2 is 2.19 bits per heavy atom. The minimum absolute atomic E-state index is 0.175. The molecule has 21 heavy (non-hydrogen) atoms. The van der Waals surface area contributed by atoms with Gasteiger partial charge >= 0.3 is 0 Å². The molecule has 0 unspecified atom stereocenters. The summed E-state index contributed by atoms with van der Waals surface area (Å²) in [6, 6.07) is 2.52. The number of rotatable bonds is 5. The Balaban J connectivity index is 1.73. The second-order valence-electron chi connectivity index (χ2n) is 5.84. The maximum Gasteiger partial charge on any atom is 0.244 e. The molecule has 4 nitrogen and oxygen atoms in total. The maximum atomic E-state index is 12.7. The number of aryl methyl sites for hydroxylation is 1. The van der Waals surface area contributed by atoms with Crippen LogP contribution in [0, 0.1) is 20.8 Å². The van der Waals surface area contributed by atoms with Gasteiger partial charge in [-0.3, -0.25) is 9.48 Å². The van der Waals surface area contributed by atoms with Crippen LogP contribution in [0.15, 0.2) is 16.8 Å². The molecule has 2 aromatic heterocycles. The Labute approximate surface area is 129 Å². The lowest BCUT2D eigenvalue weighted by atomic mass is 10.2. The molecule has 112 valence electrons. The molecular weight excluding hydrogens is 282 g/mol. The third kappa shape index (κ3) is 3.02. The molecule has 5 heteroatoms. The van der Waals surface area contributed by atoms with Crippen molar-refractivity contribution < 1.29 is 4.79 Å². The van der Waals surface area contributed by atoms with Gasteiger partial charge in [-0.25, -0.2) is 0 Å². The SMILES string of the molecule is Cc1nn(CC(=O)N(Cc2ccsc2)C2CC2)c(C)c1C. The molecule has 0 radical (unpaired) electrons. The van der Waals surface area contributed by atoms with Crippen LogP contribution in [-0.4, -0.2) is 26.6 Å². The van der Waals surface area contributed by atoms with Crippen LogP contribution >= 0.6 is 11.3 Å². The summed E-state index contributed by atoms with van der Waals surface area (Å²) in [5.74, 6) is 0.175. The quantitative estimate of drug-likeness (QED) is 0.851. The predicted octanol–water partition coefficient (Wildman–Crippen LogP) is 3.06. The zero-order valence-corrected chi connectivity index (χ0v) is 13.6. The predicted molar refractivity (Wildman–Crippen MR) is 84.3 cm³/mol. The summed E-state index contributed by atoms with van der Waals surface area (Å²) in [6.45, 7) is 7.16. The van der Waals surface area contributed by atoms with Crippen LogP contribution in [0.4, 0.5) is 0 Å². The molecule has 1 amide bonds. The van der Waals surface area contributed by atoms with Crippen molar-refractivity contribution in [2.75, 3.05) is 0 Å². The molecule has 0 N–H and O–H groups in total. The summed E-state index contributed by atoms with van der Waals surface area (Å²) in [7, 11) is 0. The Morgan fingerprint density at radius 1 is 1.43 bits per heavy atom. The highest BCUT2D eigenvalue weighted by Gasteiger charge is 2.32. The monoisotopic (exact) mass is 303 g/mol. The van der Waals surface area contributed by atoms with Gasteiger partial charge in [0.05, 0.1) is 5.69 Å². The van der Waals surface area contributed by atoms with Gasteiger partial charge in [0, 0.05) is 18.3 Å². The lowest BCUT2D eigenvalue weighted by Crippen LogP contribution is -2.35. The van der Waals surface area contributed by atoms with E-state index in [1.165, 1.54) is 11.1 Å². The number of hydrogen-bond acceptors (Lipinski definition) is 3. The average Bonchev–Trinajstić information content (AvgIpc) is 3.12. The van der Waals surface area contributed by atoms with Crippen molar-refractivity contribution in [3.8, 4) is 0 Å². The van der Waals surface area contributed by atoms with Gasteiger partial charge in [0.25, 0.3) is 0 Å². The molecule has 3 rings (SSSR count). The van der Waals surface area contributed by atoms with Gasteiger partial charge in [0.2, 0.25) is 5.91 Å². The molecule has 1 aliphatic rings. The fourth-order valence-corrected chi connectivity index (χ4v) is 3.21. The Kier molecular flexibility index (Phi) is 3.85. The summed E-state index contributed by atoms with van der Waals surface area (Å²) >= 11 is 1.68. The van der Waals surface area contributed by atoms with Crippen LogP contribution in [0.1, 0.15) is 35.4 Å². The Bertz CT molecular complexity index is 641. The zero-order valence-electron chi connectivity index (χ0n) is 12.8. The first-order valence-electron chi connectivity index (χ1n) is 7.37. The van der Waals surface area contributed by atoms with Crippen LogP contribution in [0.5, 0.6) is 0 Å². The van der Waals surface area contributed by atoms with Crippen molar-refractivity contribution in [1.29, 1.82) is 0 Å². The van der Waals surface area contributed by atoms with Gasteiger partial charge in [0.15, 0.2) is 0 Å². The van der Waals surface area contributed by atoms with E-state index in [0.717, 1.165) is 30.8 Å². The molecule has 0 spiro atoms. The number of hydrogen-bond donors (Lipinski definition) is 0. The molecule has 0 saturated heterocycles. The Hall–Kier alpha value is -1.62. The van der Waals surface area contributed by atoms with Crippen LogP contribution in [0.3, 0.4) is 0 Å². The first-order chi connectivity index (χ1) is 10.1. The number of aromatic nitrogens is 2. The standard InChI is InChI=1S/C16H21N3OS/c1-11-12(2)17-19(13(11)3)9-16(20)18(15-4-5-15)8-14-6-7-21-10-14/h6-7,10,15H,4-5,8-9H2,1-3H3. The van der Waals surface area contributed by atoms with Crippen LogP contribution in [-0.2, 0) is 17.9 Å². The second-order valence-corrected chi connectivity index (χ2v) is 6.62. The van der Waals surface area contributed by atoms with Crippen LogP contribution < -0.4 is 0 Å². The fraction of sp³-hybridized carbons (Fsp3) is 0.500. The molecule has 0 bridgehead atoms. The van der Waals surface area contributed by atoms with Gasteiger partial charge in [-0.15, -0.1) is 0 Å². The van der Waals surface area contributed by atoms with E-state index in [0.29, 0.717) is 12.6 Å². The van der Waals surface area contributed by atoms with Crippen LogP contribution in [0.25, 0.3) is 0 Å². The summed E-state index contributed by atoms with van der Waals surface area (Å²) < 4.78 is 1.84. The van der Waals surface area contributed by atoms with E-state index in [1.54, 1.807) is 11.3 Å². The van der Waals surface area contributed by atoms with Crippen molar-refractivity contribution in [3.63, 3.8) is 0 Å². The topological polar surface area (TPSA) is 38.1 Å². The fourth-order valence-electron chi connectivity index (χ4n) is 2.55. The second kappa shape index (κ2) is 5.64. The number of nitrogens with zero attached hydrogens (tertiary/aromatic N) is 3. The van der Waals surface area contributed by atoms with Gasteiger partial charge in [-0.2, -0.15) is 16.4 Å². The summed E-state index contributed by atoms with van der Waals surface area (Å²) in [6.07, 6.45) is 2.26. The number of carbonyl (C=O) groups is 1. The van der Waals surface area contributed by atoms with Crippen molar-refractivity contribution in [2.45, 2.75) is 52.7 Å². The summed E-state index contributed by atoms with van der Waals surface area (Å²) in [5, 5.41) is 8.67. The molecule has 2 aromatic rings. The molecule has 1 fully saturated rings. The highest BCUT2D eigenvalue weighted by atomic mass is 32.1. The van der Waals surface area contributed by atoms with E-state index in [9.17, 15) is 4.79 Å².